The Labute approximate surface area is 350 Å². The molecule has 0 saturated carbocycles. The van der Waals surface area contributed by atoms with E-state index in [0.717, 1.165) is 95.7 Å². The Morgan fingerprint density at radius 3 is 1.04 bits per heavy atom. The van der Waals surface area contributed by atoms with E-state index in [9.17, 15) is 14.7 Å². The summed E-state index contributed by atoms with van der Waals surface area (Å²) in [4.78, 5) is 27.0. The third-order valence-corrected chi connectivity index (χ3v) is 12.0. The smallest absolute Gasteiger partial charge is 0.305 e. The van der Waals surface area contributed by atoms with Crippen molar-refractivity contribution in [3.63, 3.8) is 0 Å². The number of carbonyl (C=O) groups is 2. The van der Waals surface area contributed by atoms with Crippen LogP contribution in [-0.2, 0) is 19.1 Å². The Morgan fingerprint density at radius 1 is 0.393 bits per heavy atom. The van der Waals surface area contributed by atoms with Crippen LogP contribution in [0.3, 0.4) is 0 Å². The first-order valence-electron chi connectivity index (χ1n) is 25.1. The van der Waals surface area contributed by atoms with Crippen LogP contribution in [0.15, 0.2) is 0 Å². The van der Waals surface area contributed by atoms with E-state index < -0.39 is 0 Å². The van der Waals surface area contributed by atoms with Gasteiger partial charge in [0, 0.05) is 19.4 Å². The monoisotopic (exact) mass is 794 g/mol. The van der Waals surface area contributed by atoms with Crippen molar-refractivity contribution in [1.29, 1.82) is 0 Å². The number of esters is 2. The average Bonchev–Trinajstić information content (AvgIpc) is 3.20. The molecule has 0 fully saturated rings. The normalized spacial score (nSPS) is 11.7. The molecule has 0 rings (SSSR count). The molecule has 0 amide bonds. The van der Waals surface area contributed by atoms with Crippen LogP contribution >= 0.6 is 0 Å². The Hall–Kier alpha value is -1.14. The van der Waals surface area contributed by atoms with Gasteiger partial charge >= 0.3 is 11.9 Å². The van der Waals surface area contributed by atoms with Crippen molar-refractivity contribution in [3.8, 4) is 0 Å². The van der Waals surface area contributed by atoms with Gasteiger partial charge in [-0.3, -0.25) is 9.59 Å². The van der Waals surface area contributed by atoms with Crippen molar-refractivity contribution in [2.24, 2.45) is 11.8 Å². The Balaban J connectivity index is 3.91. The summed E-state index contributed by atoms with van der Waals surface area (Å²) in [7, 11) is 0. The van der Waals surface area contributed by atoms with Crippen molar-refractivity contribution in [3.05, 3.63) is 0 Å². The number of aliphatic hydroxyl groups excluding tert-OH is 1. The molecule has 0 bridgehead atoms. The molecule has 0 aliphatic heterocycles. The Bertz CT molecular complexity index is 720. The molecule has 0 aromatic rings. The van der Waals surface area contributed by atoms with Gasteiger partial charge in [0.1, 0.15) is 0 Å². The Kier molecular flexibility index (Phi) is 44.0. The van der Waals surface area contributed by atoms with Crippen LogP contribution in [0.4, 0.5) is 0 Å². The van der Waals surface area contributed by atoms with Gasteiger partial charge in [-0.2, -0.15) is 0 Å². The molecule has 0 heterocycles. The van der Waals surface area contributed by atoms with Crippen molar-refractivity contribution < 1.29 is 24.2 Å². The fourth-order valence-electron chi connectivity index (χ4n) is 8.31. The lowest BCUT2D eigenvalue weighted by Crippen LogP contribution is -2.29. The third-order valence-electron chi connectivity index (χ3n) is 12.0. The van der Waals surface area contributed by atoms with E-state index in [1.165, 1.54) is 154 Å². The molecular weight excluding hydrogens is 695 g/mol. The number of rotatable bonds is 46. The van der Waals surface area contributed by atoms with Gasteiger partial charge in [0.2, 0.25) is 0 Å². The third kappa shape index (κ3) is 39.7. The second kappa shape index (κ2) is 45.0. The molecule has 56 heavy (non-hydrogen) atoms. The minimum absolute atomic E-state index is 0.0167. The maximum absolute atomic E-state index is 12.3. The van der Waals surface area contributed by atoms with Crippen LogP contribution in [-0.4, -0.2) is 61.4 Å². The van der Waals surface area contributed by atoms with E-state index in [4.69, 9.17) is 9.47 Å². The van der Waals surface area contributed by atoms with Crippen LogP contribution in [0.2, 0.25) is 0 Å². The molecule has 6 heteroatoms. The summed E-state index contributed by atoms with van der Waals surface area (Å²) in [5, 5.41) is 9.57. The fraction of sp³-hybridized carbons (Fsp3) is 0.960. The second-order valence-electron chi connectivity index (χ2n) is 17.5. The minimum Gasteiger partial charge on any atom is -0.466 e. The number of ether oxygens (including phenoxy) is 2. The van der Waals surface area contributed by atoms with E-state index in [0.29, 0.717) is 26.1 Å². The van der Waals surface area contributed by atoms with Crippen molar-refractivity contribution in [2.45, 2.75) is 259 Å². The van der Waals surface area contributed by atoms with Gasteiger partial charge in [0.15, 0.2) is 0 Å². The lowest BCUT2D eigenvalue weighted by molar-refractivity contribution is -0.144. The predicted molar refractivity (Wildman–Crippen MR) is 241 cm³/mol. The summed E-state index contributed by atoms with van der Waals surface area (Å²) in [5.74, 6) is 1.57. The van der Waals surface area contributed by atoms with Crippen LogP contribution in [0.1, 0.15) is 259 Å². The predicted octanol–water partition coefficient (Wildman–Crippen LogP) is 14.7. The first-order valence-corrected chi connectivity index (χ1v) is 25.1. The first-order chi connectivity index (χ1) is 27.5. The summed E-state index contributed by atoms with van der Waals surface area (Å²) in [6, 6.07) is 0. The molecule has 0 spiro atoms. The summed E-state index contributed by atoms with van der Waals surface area (Å²) in [6.45, 7) is 13.3. The summed E-state index contributed by atoms with van der Waals surface area (Å²) >= 11 is 0. The molecule has 0 aliphatic rings. The van der Waals surface area contributed by atoms with E-state index >= 15 is 0 Å². The zero-order chi connectivity index (χ0) is 41.0. The van der Waals surface area contributed by atoms with Gasteiger partial charge < -0.3 is 19.5 Å². The average molecular weight is 794 g/mol. The lowest BCUT2D eigenvalue weighted by Gasteiger charge is -2.21. The molecule has 334 valence electrons. The maximum Gasteiger partial charge on any atom is 0.305 e. The SMILES string of the molecule is CCCCCCC(CCCCCC)CCCOC(=O)CCCCCCCN(CCO)CCCCCCCC(=O)OCCCC(CCCCCC)CCCCCC. The highest BCUT2D eigenvalue weighted by Crippen LogP contribution is 2.24. The second-order valence-corrected chi connectivity index (χ2v) is 17.5. The van der Waals surface area contributed by atoms with Crippen LogP contribution in [0.5, 0.6) is 0 Å². The topological polar surface area (TPSA) is 76.1 Å². The van der Waals surface area contributed by atoms with Gasteiger partial charge in [0.05, 0.1) is 19.8 Å². The quantitative estimate of drug-likeness (QED) is 0.0489. The molecular formula is C50H99NO5. The van der Waals surface area contributed by atoms with E-state index in [1.807, 2.05) is 0 Å². The summed E-state index contributed by atoms with van der Waals surface area (Å²) in [5.41, 5.74) is 0. The number of aliphatic hydroxyl groups is 1. The fourth-order valence-corrected chi connectivity index (χ4v) is 8.31. The lowest BCUT2D eigenvalue weighted by atomic mass is 9.91. The minimum atomic E-state index is -0.0167. The Morgan fingerprint density at radius 2 is 0.696 bits per heavy atom. The maximum atomic E-state index is 12.3. The molecule has 0 unspecified atom stereocenters. The number of hydrogen-bond donors (Lipinski definition) is 1. The van der Waals surface area contributed by atoms with Gasteiger partial charge in [0.25, 0.3) is 0 Å². The van der Waals surface area contributed by atoms with Crippen molar-refractivity contribution in [2.75, 3.05) is 39.5 Å². The molecule has 0 radical (unpaired) electrons. The van der Waals surface area contributed by atoms with Crippen molar-refractivity contribution >= 4 is 11.9 Å². The highest BCUT2D eigenvalue weighted by atomic mass is 16.5. The van der Waals surface area contributed by atoms with Crippen LogP contribution in [0.25, 0.3) is 0 Å². The molecule has 6 nitrogen and oxygen atoms in total. The largest absolute Gasteiger partial charge is 0.466 e. The zero-order valence-electron chi connectivity index (χ0n) is 38.4. The van der Waals surface area contributed by atoms with E-state index in [-0.39, 0.29) is 18.5 Å². The first kappa shape index (κ1) is 54.9. The zero-order valence-corrected chi connectivity index (χ0v) is 38.4. The van der Waals surface area contributed by atoms with E-state index in [2.05, 4.69) is 32.6 Å². The number of hydrogen-bond acceptors (Lipinski definition) is 6. The van der Waals surface area contributed by atoms with Gasteiger partial charge in [-0.25, -0.2) is 0 Å². The molecule has 0 saturated heterocycles. The highest BCUT2D eigenvalue weighted by molar-refractivity contribution is 5.69. The van der Waals surface area contributed by atoms with Crippen LogP contribution < -0.4 is 0 Å². The summed E-state index contributed by atoms with van der Waals surface area (Å²) < 4.78 is 11.2. The molecule has 0 atom stereocenters. The van der Waals surface area contributed by atoms with E-state index in [1.54, 1.807) is 0 Å². The van der Waals surface area contributed by atoms with Crippen molar-refractivity contribution in [1.82, 2.24) is 4.90 Å². The number of unbranched alkanes of at least 4 members (excludes halogenated alkanes) is 20. The highest BCUT2D eigenvalue weighted by Gasteiger charge is 2.12. The van der Waals surface area contributed by atoms with Gasteiger partial charge in [-0.05, 0) is 76.3 Å². The molecule has 0 aromatic carbocycles. The van der Waals surface area contributed by atoms with Gasteiger partial charge in [-0.1, -0.05) is 195 Å². The number of carbonyl (C=O) groups excluding carboxylic acids is 2. The molecule has 0 aliphatic carbocycles. The summed E-state index contributed by atoms with van der Waals surface area (Å²) in [6.07, 6.45) is 43.3. The van der Waals surface area contributed by atoms with Gasteiger partial charge in [-0.15, -0.1) is 0 Å². The molecule has 1 N–H and O–H groups in total. The number of nitrogens with zero attached hydrogens (tertiary/aromatic N) is 1. The van der Waals surface area contributed by atoms with Crippen LogP contribution in [0, 0.1) is 11.8 Å². The standard InChI is InChI=1S/C50H99NO5/c1-5-9-13-23-33-47(34-24-14-10-6-2)37-31-45-55-49(53)39-27-19-17-21-29-41-51(43-44-52)42-30-22-18-20-28-40-50(54)56-46-32-38-48(35-25-15-11-7-3)36-26-16-12-8-4/h47-48,52H,5-46H2,1-4H3. The molecule has 0 aromatic heterocycles.